The van der Waals surface area contributed by atoms with Crippen molar-refractivity contribution in [2.24, 2.45) is 0 Å². The summed E-state index contributed by atoms with van der Waals surface area (Å²) in [5.41, 5.74) is 1.29. The SMILES string of the molecule is COC(=O)Cc1cn(C(C)=O)c2cc(O)ccc12. The molecule has 94 valence electrons. The number of benzene rings is 1. The zero-order chi connectivity index (χ0) is 13.3. The standard InChI is InChI=1S/C13H13NO4/c1-8(15)14-7-9(5-13(17)18-2)11-4-3-10(16)6-12(11)14/h3-4,6-7,16H,5H2,1-2H3. The third kappa shape index (κ3) is 2.07. The maximum atomic E-state index is 11.5. The van der Waals surface area contributed by atoms with Crippen LogP contribution in [0.2, 0.25) is 0 Å². The number of carbonyl (C=O) groups excluding carboxylic acids is 2. The summed E-state index contributed by atoms with van der Waals surface area (Å²) in [7, 11) is 1.32. The van der Waals surface area contributed by atoms with Crippen molar-refractivity contribution < 1.29 is 19.4 Å². The fourth-order valence-corrected chi connectivity index (χ4v) is 1.91. The third-order valence-corrected chi connectivity index (χ3v) is 2.77. The minimum absolute atomic E-state index is 0.0766. The van der Waals surface area contributed by atoms with Crippen molar-refractivity contribution in [1.82, 2.24) is 4.57 Å². The number of hydrogen-bond donors (Lipinski definition) is 1. The van der Waals surface area contributed by atoms with Gasteiger partial charge in [-0.05, 0) is 17.7 Å². The Bertz CT molecular complexity index is 627. The number of aromatic nitrogens is 1. The highest BCUT2D eigenvalue weighted by molar-refractivity contribution is 5.95. The molecule has 1 N–H and O–H groups in total. The maximum absolute atomic E-state index is 11.5. The van der Waals surface area contributed by atoms with Crippen molar-refractivity contribution >= 4 is 22.8 Å². The number of ether oxygens (including phenoxy) is 1. The first-order valence-corrected chi connectivity index (χ1v) is 5.43. The van der Waals surface area contributed by atoms with Crippen LogP contribution < -0.4 is 0 Å². The van der Waals surface area contributed by atoms with E-state index in [-0.39, 0.29) is 24.0 Å². The van der Waals surface area contributed by atoms with Crippen LogP contribution in [0.1, 0.15) is 17.3 Å². The van der Waals surface area contributed by atoms with Crippen LogP contribution in [0.4, 0.5) is 0 Å². The molecule has 0 spiro atoms. The van der Waals surface area contributed by atoms with Crippen LogP contribution in [-0.2, 0) is 16.0 Å². The Labute approximate surface area is 104 Å². The Morgan fingerprint density at radius 1 is 1.39 bits per heavy atom. The van der Waals surface area contributed by atoms with Crippen LogP contribution in [0.3, 0.4) is 0 Å². The van der Waals surface area contributed by atoms with Gasteiger partial charge in [-0.1, -0.05) is 0 Å². The molecule has 0 radical (unpaired) electrons. The molecule has 18 heavy (non-hydrogen) atoms. The van der Waals surface area contributed by atoms with Gasteiger partial charge in [-0.2, -0.15) is 0 Å². The van der Waals surface area contributed by atoms with Gasteiger partial charge < -0.3 is 9.84 Å². The minimum Gasteiger partial charge on any atom is -0.508 e. The molecule has 0 atom stereocenters. The van der Waals surface area contributed by atoms with Crippen molar-refractivity contribution in [3.05, 3.63) is 30.0 Å². The van der Waals surface area contributed by atoms with E-state index in [1.165, 1.54) is 30.7 Å². The second-order valence-electron chi connectivity index (χ2n) is 4.00. The van der Waals surface area contributed by atoms with Gasteiger partial charge in [0, 0.05) is 24.6 Å². The lowest BCUT2D eigenvalue weighted by molar-refractivity contribution is -0.139. The predicted octanol–water partition coefficient (Wildman–Crippen LogP) is 1.72. The molecular formula is C13H13NO4. The Hall–Kier alpha value is -2.30. The fraction of sp³-hybridized carbons (Fsp3) is 0.231. The Morgan fingerprint density at radius 3 is 2.72 bits per heavy atom. The second-order valence-corrected chi connectivity index (χ2v) is 4.00. The van der Waals surface area contributed by atoms with Gasteiger partial charge in [0.1, 0.15) is 5.75 Å². The molecule has 0 aliphatic rings. The van der Waals surface area contributed by atoms with E-state index < -0.39 is 0 Å². The lowest BCUT2D eigenvalue weighted by atomic mass is 10.1. The molecule has 0 aliphatic carbocycles. The van der Waals surface area contributed by atoms with Gasteiger partial charge in [0.2, 0.25) is 5.91 Å². The van der Waals surface area contributed by atoms with Gasteiger partial charge >= 0.3 is 5.97 Å². The number of carbonyl (C=O) groups is 2. The van der Waals surface area contributed by atoms with Gasteiger partial charge in [0.15, 0.2) is 0 Å². The molecular weight excluding hydrogens is 234 g/mol. The Balaban J connectivity index is 2.61. The quantitative estimate of drug-likeness (QED) is 0.820. The smallest absolute Gasteiger partial charge is 0.310 e. The summed E-state index contributed by atoms with van der Waals surface area (Å²) in [5.74, 6) is -0.472. The van der Waals surface area contributed by atoms with Crippen molar-refractivity contribution in [2.75, 3.05) is 7.11 Å². The van der Waals surface area contributed by atoms with Crippen LogP contribution >= 0.6 is 0 Å². The highest BCUT2D eigenvalue weighted by Crippen LogP contribution is 2.25. The summed E-state index contributed by atoms with van der Waals surface area (Å²) in [6, 6.07) is 4.70. The van der Waals surface area contributed by atoms with E-state index in [1.807, 2.05) is 0 Å². The number of esters is 1. The number of nitrogens with zero attached hydrogens (tertiary/aromatic N) is 1. The fourth-order valence-electron chi connectivity index (χ4n) is 1.91. The lowest BCUT2D eigenvalue weighted by Crippen LogP contribution is -2.05. The van der Waals surface area contributed by atoms with E-state index in [4.69, 9.17) is 0 Å². The number of rotatable bonds is 2. The molecule has 0 amide bonds. The number of hydrogen-bond acceptors (Lipinski definition) is 4. The number of phenolic OH excluding ortho intramolecular Hbond substituents is 1. The molecule has 0 aliphatic heterocycles. The monoisotopic (exact) mass is 247 g/mol. The Kier molecular flexibility index (Phi) is 3.06. The van der Waals surface area contributed by atoms with Crippen LogP contribution in [0.15, 0.2) is 24.4 Å². The van der Waals surface area contributed by atoms with Gasteiger partial charge in [-0.3, -0.25) is 14.2 Å². The lowest BCUT2D eigenvalue weighted by Gasteiger charge is -1.99. The molecule has 5 nitrogen and oxygen atoms in total. The van der Waals surface area contributed by atoms with Crippen LogP contribution in [0.5, 0.6) is 5.75 Å². The highest BCUT2D eigenvalue weighted by atomic mass is 16.5. The van der Waals surface area contributed by atoms with Gasteiger partial charge in [-0.25, -0.2) is 0 Å². The van der Waals surface area contributed by atoms with Crippen LogP contribution in [0, 0.1) is 0 Å². The number of aromatic hydroxyl groups is 1. The molecule has 1 aromatic carbocycles. The van der Waals surface area contributed by atoms with Crippen LogP contribution in [-0.4, -0.2) is 28.7 Å². The topological polar surface area (TPSA) is 68.5 Å². The molecule has 0 bridgehead atoms. The first-order chi connectivity index (χ1) is 8.52. The van der Waals surface area contributed by atoms with E-state index in [9.17, 15) is 14.7 Å². The maximum Gasteiger partial charge on any atom is 0.310 e. The zero-order valence-electron chi connectivity index (χ0n) is 10.1. The average molecular weight is 247 g/mol. The molecule has 1 aromatic heterocycles. The molecule has 2 rings (SSSR count). The molecule has 5 heteroatoms. The van der Waals surface area contributed by atoms with Crippen molar-refractivity contribution in [1.29, 1.82) is 0 Å². The normalized spacial score (nSPS) is 10.6. The van der Waals surface area contributed by atoms with E-state index in [1.54, 1.807) is 12.3 Å². The predicted molar refractivity (Wildman–Crippen MR) is 65.6 cm³/mol. The second kappa shape index (κ2) is 4.52. The molecule has 0 saturated heterocycles. The van der Waals surface area contributed by atoms with E-state index in [0.717, 1.165) is 5.39 Å². The largest absolute Gasteiger partial charge is 0.508 e. The summed E-state index contributed by atoms with van der Waals surface area (Å²) in [6.07, 6.45) is 1.70. The third-order valence-electron chi connectivity index (χ3n) is 2.77. The molecule has 1 heterocycles. The van der Waals surface area contributed by atoms with E-state index in [0.29, 0.717) is 11.1 Å². The molecule has 0 unspecified atom stereocenters. The Morgan fingerprint density at radius 2 is 2.11 bits per heavy atom. The number of phenols is 1. The van der Waals surface area contributed by atoms with E-state index >= 15 is 0 Å². The van der Waals surface area contributed by atoms with Gasteiger partial charge in [0.05, 0.1) is 19.0 Å². The first kappa shape index (κ1) is 12.2. The summed E-state index contributed by atoms with van der Waals surface area (Å²) in [5, 5.41) is 10.2. The summed E-state index contributed by atoms with van der Waals surface area (Å²) >= 11 is 0. The zero-order valence-corrected chi connectivity index (χ0v) is 10.1. The van der Waals surface area contributed by atoms with Gasteiger partial charge in [0.25, 0.3) is 0 Å². The number of fused-ring (bicyclic) bond motifs is 1. The van der Waals surface area contributed by atoms with E-state index in [2.05, 4.69) is 4.74 Å². The van der Waals surface area contributed by atoms with Crippen molar-refractivity contribution in [3.63, 3.8) is 0 Å². The number of methoxy groups -OCH3 is 1. The molecule has 0 fully saturated rings. The average Bonchev–Trinajstić information content (AvgIpc) is 2.67. The van der Waals surface area contributed by atoms with Crippen molar-refractivity contribution in [2.45, 2.75) is 13.3 Å². The first-order valence-electron chi connectivity index (χ1n) is 5.43. The highest BCUT2D eigenvalue weighted by Gasteiger charge is 2.14. The minimum atomic E-state index is -0.370. The summed E-state index contributed by atoms with van der Waals surface area (Å²) in [6.45, 7) is 1.42. The van der Waals surface area contributed by atoms with Crippen molar-refractivity contribution in [3.8, 4) is 5.75 Å². The summed E-state index contributed by atoms with van der Waals surface area (Å²) in [4.78, 5) is 22.8. The van der Waals surface area contributed by atoms with Gasteiger partial charge in [-0.15, -0.1) is 0 Å². The van der Waals surface area contributed by atoms with Crippen LogP contribution in [0.25, 0.3) is 10.9 Å². The summed E-state index contributed by atoms with van der Waals surface area (Å²) < 4.78 is 6.02. The molecule has 2 aromatic rings. The molecule has 0 saturated carbocycles.